The summed E-state index contributed by atoms with van der Waals surface area (Å²) in [5.74, 6) is -0.0270. The molecule has 1 fully saturated rings. The molecule has 134 valence electrons. The number of thiocarbonyl (C=S) groups is 1. The second-order valence-corrected chi connectivity index (χ2v) is 7.89. The van der Waals surface area contributed by atoms with E-state index in [1.807, 2.05) is 31.2 Å². The van der Waals surface area contributed by atoms with Gasteiger partial charge in [-0.3, -0.25) is 9.69 Å². The van der Waals surface area contributed by atoms with Crippen molar-refractivity contribution in [3.8, 4) is 11.5 Å². The standard InChI is InChI=1S/C19H16ClNO3S2/c1-11-3-5-12(6-4-11)10-21-18(23)16(26-19(21)25)9-13-7-14(20)17(22)15(8-13)24-2/h3-9,22H,10H2,1-2H3/b16-9-. The van der Waals surface area contributed by atoms with Crippen molar-refractivity contribution in [3.05, 3.63) is 63.0 Å². The third-order valence-electron chi connectivity index (χ3n) is 3.90. The average Bonchev–Trinajstić information content (AvgIpc) is 2.87. The van der Waals surface area contributed by atoms with E-state index < -0.39 is 0 Å². The Morgan fingerprint density at radius 2 is 2.00 bits per heavy atom. The highest BCUT2D eigenvalue weighted by atomic mass is 35.5. The summed E-state index contributed by atoms with van der Waals surface area (Å²) in [5.41, 5.74) is 2.83. The number of phenolic OH excluding ortho intramolecular Hbond substituents is 1. The molecule has 2 aromatic rings. The molecule has 1 aliphatic rings. The van der Waals surface area contributed by atoms with Crippen LogP contribution in [-0.4, -0.2) is 27.3 Å². The molecule has 2 aromatic carbocycles. The van der Waals surface area contributed by atoms with Gasteiger partial charge in [0.05, 0.1) is 23.6 Å². The molecule has 1 aliphatic heterocycles. The van der Waals surface area contributed by atoms with Gasteiger partial charge >= 0.3 is 0 Å². The van der Waals surface area contributed by atoms with Crippen molar-refractivity contribution in [2.75, 3.05) is 7.11 Å². The van der Waals surface area contributed by atoms with Gasteiger partial charge in [-0.25, -0.2) is 0 Å². The molecule has 1 amide bonds. The molecule has 4 nitrogen and oxygen atoms in total. The minimum absolute atomic E-state index is 0.127. The van der Waals surface area contributed by atoms with Gasteiger partial charge in [0.2, 0.25) is 0 Å². The van der Waals surface area contributed by atoms with Crippen molar-refractivity contribution < 1.29 is 14.6 Å². The molecule has 1 heterocycles. The van der Waals surface area contributed by atoms with Crippen LogP contribution in [0.4, 0.5) is 0 Å². The van der Waals surface area contributed by atoms with Crippen LogP contribution in [0.5, 0.6) is 11.5 Å². The molecule has 0 unspecified atom stereocenters. The second kappa shape index (κ2) is 7.70. The van der Waals surface area contributed by atoms with Gasteiger partial charge in [0.15, 0.2) is 11.5 Å². The molecule has 0 aromatic heterocycles. The monoisotopic (exact) mass is 405 g/mol. The first kappa shape index (κ1) is 18.8. The molecule has 0 aliphatic carbocycles. The summed E-state index contributed by atoms with van der Waals surface area (Å²) in [5, 5.41) is 9.98. The van der Waals surface area contributed by atoms with Gasteiger partial charge in [0.25, 0.3) is 5.91 Å². The van der Waals surface area contributed by atoms with Gasteiger partial charge in [-0.2, -0.15) is 0 Å². The summed E-state index contributed by atoms with van der Waals surface area (Å²) in [6.45, 7) is 2.45. The van der Waals surface area contributed by atoms with Crippen molar-refractivity contribution in [1.82, 2.24) is 4.90 Å². The number of carbonyl (C=O) groups is 1. The van der Waals surface area contributed by atoms with E-state index in [1.54, 1.807) is 23.1 Å². The van der Waals surface area contributed by atoms with Crippen molar-refractivity contribution in [1.29, 1.82) is 0 Å². The van der Waals surface area contributed by atoms with Crippen LogP contribution in [0.1, 0.15) is 16.7 Å². The first-order valence-corrected chi connectivity index (χ1v) is 9.36. The van der Waals surface area contributed by atoms with Crippen molar-refractivity contribution in [3.63, 3.8) is 0 Å². The highest BCUT2D eigenvalue weighted by Crippen LogP contribution is 2.38. The number of amides is 1. The number of hydrogen-bond donors (Lipinski definition) is 1. The number of methoxy groups -OCH3 is 1. The van der Waals surface area contributed by atoms with Crippen LogP contribution in [0.15, 0.2) is 41.3 Å². The van der Waals surface area contributed by atoms with Crippen molar-refractivity contribution in [2.24, 2.45) is 0 Å². The molecule has 0 atom stereocenters. The minimum Gasteiger partial charge on any atom is -0.503 e. The number of thioether (sulfide) groups is 1. The highest BCUT2D eigenvalue weighted by molar-refractivity contribution is 8.26. The smallest absolute Gasteiger partial charge is 0.266 e. The number of phenols is 1. The number of ether oxygens (including phenoxy) is 1. The van der Waals surface area contributed by atoms with E-state index in [0.717, 1.165) is 11.1 Å². The Morgan fingerprint density at radius 3 is 2.65 bits per heavy atom. The Kier molecular flexibility index (Phi) is 5.55. The third-order valence-corrected chi connectivity index (χ3v) is 5.57. The fourth-order valence-electron chi connectivity index (χ4n) is 2.50. The van der Waals surface area contributed by atoms with E-state index in [1.165, 1.54) is 18.9 Å². The fraction of sp³-hybridized carbons (Fsp3) is 0.158. The van der Waals surface area contributed by atoms with Gasteiger partial charge in [0, 0.05) is 0 Å². The average molecular weight is 406 g/mol. The number of halogens is 1. The lowest BCUT2D eigenvalue weighted by Crippen LogP contribution is -2.27. The number of nitrogens with zero attached hydrogens (tertiary/aromatic N) is 1. The molecule has 3 rings (SSSR count). The van der Waals surface area contributed by atoms with Crippen LogP contribution in [0.25, 0.3) is 6.08 Å². The van der Waals surface area contributed by atoms with Crippen LogP contribution in [0, 0.1) is 6.92 Å². The lowest BCUT2D eigenvalue weighted by Gasteiger charge is -2.14. The van der Waals surface area contributed by atoms with Gasteiger partial charge in [0.1, 0.15) is 4.32 Å². The van der Waals surface area contributed by atoms with Crippen molar-refractivity contribution >= 4 is 51.9 Å². The highest BCUT2D eigenvalue weighted by Gasteiger charge is 2.32. The first-order valence-electron chi connectivity index (χ1n) is 7.76. The maximum atomic E-state index is 12.7. The Balaban J connectivity index is 1.85. The normalized spacial score (nSPS) is 15.8. The van der Waals surface area contributed by atoms with E-state index >= 15 is 0 Å². The summed E-state index contributed by atoms with van der Waals surface area (Å²) in [6.07, 6.45) is 1.70. The predicted octanol–water partition coefficient (Wildman–Crippen LogP) is 4.76. The molecule has 0 bridgehead atoms. The van der Waals surface area contributed by atoms with E-state index in [9.17, 15) is 9.90 Å². The van der Waals surface area contributed by atoms with Gasteiger partial charge < -0.3 is 9.84 Å². The third kappa shape index (κ3) is 3.87. The van der Waals surface area contributed by atoms with E-state index in [0.29, 0.717) is 21.3 Å². The zero-order valence-corrected chi connectivity index (χ0v) is 16.5. The van der Waals surface area contributed by atoms with Gasteiger partial charge in [-0.15, -0.1) is 0 Å². The number of rotatable bonds is 4. The number of carbonyl (C=O) groups excluding carboxylic acids is 1. The zero-order valence-electron chi connectivity index (χ0n) is 14.2. The first-order chi connectivity index (χ1) is 12.4. The molecule has 1 N–H and O–H groups in total. The second-order valence-electron chi connectivity index (χ2n) is 5.81. The maximum absolute atomic E-state index is 12.7. The molecule has 26 heavy (non-hydrogen) atoms. The molecular formula is C19H16ClNO3S2. The fourth-order valence-corrected chi connectivity index (χ4v) is 3.97. The summed E-state index contributed by atoms with van der Waals surface area (Å²) in [7, 11) is 1.44. The van der Waals surface area contributed by atoms with Crippen LogP contribution in [0.3, 0.4) is 0 Å². The summed E-state index contributed by atoms with van der Waals surface area (Å²) in [6, 6.07) is 11.2. The van der Waals surface area contributed by atoms with E-state index in [-0.39, 0.29) is 22.4 Å². The number of hydrogen-bond acceptors (Lipinski definition) is 5. The summed E-state index contributed by atoms with van der Waals surface area (Å²) in [4.78, 5) is 14.8. The largest absolute Gasteiger partial charge is 0.503 e. The number of aromatic hydroxyl groups is 1. The Labute approximate surface area is 166 Å². The van der Waals surface area contributed by atoms with E-state index in [4.69, 9.17) is 28.6 Å². The Hall–Kier alpha value is -2.02. The van der Waals surface area contributed by atoms with Crippen LogP contribution in [0.2, 0.25) is 5.02 Å². The lowest BCUT2D eigenvalue weighted by atomic mass is 10.1. The maximum Gasteiger partial charge on any atom is 0.266 e. The Bertz CT molecular complexity index is 910. The molecule has 0 spiro atoms. The van der Waals surface area contributed by atoms with Gasteiger partial charge in [-0.05, 0) is 36.3 Å². The number of aryl methyl sites for hydroxylation is 1. The SMILES string of the molecule is COc1cc(/C=C2\SC(=S)N(Cc3ccc(C)cc3)C2=O)cc(Cl)c1O. The van der Waals surface area contributed by atoms with E-state index in [2.05, 4.69) is 0 Å². The predicted molar refractivity (Wildman–Crippen MR) is 110 cm³/mol. The molecule has 0 radical (unpaired) electrons. The van der Waals surface area contributed by atoms with Crippen molar-refractivity contribution in [2.45, 2.75) is 13.5 Å². The molecular weight excluding hydrogens is 390 g/mol. The summed E-state index contributed by atoms with van der Waals surface area (Å²) < 4.78 is 5.61. The summed E-state index contributed by atoms with van der Waals surface area (Å²) >= 11 is 12.6. The Morgan fingerprint density at radius 1 is 1.31 bits per heavy atom. The molecule has 1 saturated heterocycles. The van der Waals surface area contributed by atoms with Crippen LogP contribution in [-0.2, 0) is 11.3 Å². The number of benzene rings is 2. The lowest BCUT2D eigenvalue weighted by molar-refractivity contribution is -0.122. The zero-order chi connectivity index (χ0) is 18.8. The van der Waals surface area contributed by atoms with Gasteiger partial charge in [-0.1, -0.05) is 65.4 Å². The van der Waals surface area contributed by atoms with Crippen LogP contribution < -0.4 is 4.74 Å². The molecule has 7 heteroatoms. The topological polar surface area (TPSA) is 49.8 Å². The molecule has 0 saturated carbocycles. The van der Waals surface area contributed by atoms with Crippen LogP contribution >= 0.6 is 35.6 Å². The quantitative estimate of drug-likeness (QED) is 0.586. The minimum atomic E-state index is -0.149.